The van der Waals surface area contributed by atoms with E-state index >= 15 is 0 Å². The van der Waals surface area contributed by atoms with Crippen molar-refractivity contribution < 1.29 is 9.66 Å². The topological polar surface area (TPSA) is 106 Å². The first-order valence-corrected chi connectivity index (χ1v) is 5.11. The van der Waals surface area contributed by atoms with Crippen molar-refractivity contribution in [2.45, 2.75) is 6.54 Å². The van der Waals surface area contributed by atoms with Crippen molar-refractivity contribution in [2.24, 2.45) is 0 Å². The molecule has 94 valence electrons. The highest BCUT2D eigenvalue weighted by atomic mass is 16.6. The number of hydrogen-bond acceptors (Lipinski definition) is 6. The quantitative estimate of drug-likeness (QED) is 0.611. The molecule has 0 aliphatic carbocycles. The molecule has 2 rings (SSSR count). The maximum Gasteiger partial charge on any atom is 0.366 e. The monoisotopic (exact) mass is 249 g/mol. The summed E-state index contributed by atoms with van der Waals surface area (Å²) in [6.07, 6.45) is 3.01. The molecule has 8 nitrogen and oxygen atoms in total. The Bertz CT molecular complexity index is 537. The maximum atomic E-state index is 10.6. The largest absolute Gasteiger partial charge is 0.481 e. The summed E-state index contributed by atoms with van der Waals surface area (Å²) in [5.41, 5.74) is 1.22. The van der Waals surface area contributed by atoms with E-state index in [9.17, 15) is 10.1 Å². The number of nitro groups is 1. The summed E-state index contributed by atoms with van der Waals surface area (Å²) in [6.45, 7) is 0.414. The van der Waals surface area contributed by atoms with E-state index in [1.165, 1.54) is 13.3 Å². The number of aromatic amines is 1. The fourth-order valence-corrected chi connectivity index (χ4v) is 1.38. The molecule has 2 aromatic heterocycles. The minimum absolute atomic E-state index is 0.156. The molecule has 0 saturated carbocycles. The normalized spacial score (nSPS) is 10.1. The zero-order chi connectivity index (χ0) is 13.0. The molecule has 0 fully saturated rings. The van der Waals surface area contributed by atoms with Gasteiger partial charge in [-0.1, -0.05) is 11.2 Å². The second kappa shape index (κ2) is 5.13. The Morgan fingerprint density at radius 2 is 2.33 bits per heavy atom. The van der Waals surface area contributed by atoms with Crippen molar-refractivity contribution in [3.63, 3.8) is 0 Å². The number of methoxy groups -OCH3 is 1. The van der Waals surface area contributed by atoms with E-state index in [1.807, 2.05) is 6.07 Å². The molecule has 8 heteroatoms. The van der Waals surface area contributed by atoms with E-state index in [-0.39, 0.29) is 5.82 Å². The number of anilines is 1. The van der Waals surface area contributed by atoms with E-state index in [0.29, 0.717) is 18.1 Å². The zero-order valence-corrected chi connectivity index (χ0v) is 9.58. The van der Waals surface area contributed by atoms with Crippen LogP contribution in [0.1, 0.15) is 5.56 Å². The van der Waals surface area contributed by atoms with Gasteiger partial charge in [-0.3, -0.25) is 0 Å². The van der Waals surface area contributed by atoms with Crippen LogP contribution >= 0.6 is 0 Å². The lowest BCUT2D eigenvalue weighted by Gasteiger charge is -2.04. The second-order valence-corrected chi connectivity index (χ2v) is 3.45. The van der Waals surface area contributed by atoms with Crippen LogP contribution in [-0.4, -0.2) is 27.2 Å². The third-order valence-electron chi connectivity index (χ3n) is 2.29. The smallest absolute Gasteiger partial charge is 0.366 e. The SMILES string of the molecule is COc1ccc(CNc2cn[nH]c2[N+](=O)[O-])cn1. The van der Waals surface area contributed by atoms with Crippen molar-refractivity contribution in [1.29, 1.82) is 0 Å². The molecular weight excluding hydrogens is 238 g/mol. The van der Waals surface area contributed by atoms with Crippen LogP contribution in [0.15, 0.2) is 24.5 Å². The van der Waals surface area contributed by atoms with Gasteiger partial charge in [0.1, 0.15) is 6.20 Å². The number of H-pyrrole nitrogens is 1. The minimum atomic E-state index is -0.526. The lowest BCUT2D eigenvalue weighted by molar-refractivity contribution is -0.388. The van der Waals surface area contributed by atoms with Crippen LogP contribution < -0.4 is 10.1 Å². The number of nitrogens with zero attached hydrogens (tertiary/aromatic N) is 3. The molecule has 2 N–H and O–H groups in total. The molecule has 2 heterocycles. The molecule has 0 aromatic carbocycles. The van der Waals surface area contributed by atoms with Crippen molar-refractivity contribution in [3.05, 3.63) is 40.2 Å². The fourth-order valence-electron chi connectivity index (χ4n) is 1.38. The van der Waals surface area contributed by atoms with Crippen molar-refractivity contribution in [3.8, 4) is 5.88 Å². The number of ether oxygens (including phenoxy) is 1. The van der Waals surface area contributed by atoms with Gasteiger partial charge in [0.25, 0.3) is 0 Å². The average Bonchev–Trinajstić information content (AvgIpc) is 2.85. The van der Waals surface area contributed by atoms with Crippen LogP contribution in [0.2, 0.25) is 0 Å². The first-order valence-electron chi connectivity index (χ1n) is 5.11. The Kier molecular flexibility index (Phi) is 3.37. The maximum absolute atomic E-state index is 10.6. The highest BCUT2D eigenvalue weighted by Crippen LogP contribution is 2.20. The zero-order valence-electron chi connectivity index (χ0n) is 9.58. The molecule has 0 aliphatic rings. The van der Waals surface area contributed by atoms with E-state index in [2.05, 4.69) is 20.5 Å². The van der Waals surface area contributed by atoms with Gasteiger partial charge < -0.3 is 20.2 Å². The summed E-state index contributed by atoms with van der Waals surface area (Å²) in [5.74, 6) is 0.365. The van der Waals surface area contributed by atoms with Crippen molar-refractivity contribution in [2.75, 3.05) is 12.4 Å². The Labute approximate surface area is 102 Å². The van der Waals surface area contributed by atoms with E-state index in [1.54, 1.807) is 12.3 Å². The first kappa shape index (κ1) is 11.8. The van der Waals surface area contributed by atoms with Gasteiger partial charge in [0.15, 0.2) is 5.69 Å². The third-order valence-corrected chi connectivity index (χ3v) is 2.29. The molecule has 0 aliphatic heterocycles. The molecule has 0 spiro atoms. The van der Waals surface area contributed by atoms with Crippen LogP contribution in [0.3, 0.4) is 0 Å². The molecular formula is C10H11N5O3. The van der Waals surface area contributed by atoms with Gasteiger partial charge >= 0.3 is 5.82 Å². The molecule has 0 unspecified atom stereocenters. The van der Waals surface area contributed by atoms with Gasteiger partial charge in [0.05, 0.1) is 7.11 Å². The van der Waals surface area contributed by atoms with Gasteiger partial charge in [-0.15, -0.1) is 5.10 Å². The van der Waals surface area contributed by atoms with Gasteiger partial charge in [-0.25, -0.2) is 4.98 Å². The lowest BCUT2D eigenvalue weighted by Crippen LogP contribution is -2.02. The Morgan fingerprint density at radius 1 is 1.50 bits per heavy atom. The Balaban J connectivity index is 2.02. The van der Waals surface area contributed by atoms with E-state index < -0.39 is 4.92 Å². The van der Waals surface area contributed by atoms with Gasteiger partial charge in [-0.2, -0.15) is 0 Å². The first-order chi connectivity index (χ1) is 8.70. The molecule has 0 radical (unpaired) electrons. The summed E-state index contributed by atoms with van der Waals surface area (Å²) in [4.78, 5) is 14.2. The summed E-state index contributed by atoms with van der Waals surface area (Å²) in [6, 6.07) is 3.55. The highest BCUT2D eigenvalue weighted by Gasteiger charge is 2.13. The lowest BCUT2D eigenvalue weighted by atomic mass is 10.3. The van der Waals surface area contributed by atoms with Crippen LogP contribution in [0.4, 0.5) is 11.5 Å². The van der Waals surface area contributed by atoms with Crippen molar-refractivity contribution >= 4 is 11.5 Å². The standard InChI is InChI=1S/C10H11N5O3/c1-18-9-3-2-7(5-12-9)4-11-8-6-13-14-10(8)15(16)17/h2-3,5-6,11H,4H2,1H3,(H,13,14). The molecule has 18 heavy (non-hydrogen) atoms. The summed E-state index contributed by atoms with van der Waals surface area (Å²) in [7, 11) is 1.54. The molecule has 0 atom stereocenters. The molecule has 0 bridgehead atoms. The predicted molar refractivity (Wildman–Crippen MR) is 63.4 cm³/mol. The number of pyridine rings is 1. The number of hydrogen-bond donors (Lipinski definition) is 2. The Morgan fingerprint density at radius 3 is 2.94 bits per heavy atom. The molecule has 0 amide bonds. The molecule has 0 saturated heterocycles. The number of nitrogens with one attached hydrogen (secondary N) is 2. The van der Waals surface area contributed by atoms with E-state index in [0.717, 1.165) is 5.56 Å². The van der Waals surface area contributed by atoms with Crippen LogP contribution in [-0.2, 0) is 6.54 Å². The van der Waals surface area contributed by atoms with Crippen LogP contribution in [0, 0.1) is 10.1 Å². The third kappa shape index (κ3) is 2.54. The van der Waals surface area contributed by atoms with Crippen LogP contribution in [0.5, 0.6) is 5.88 Å². The van der Waals surface area contributed by atoms with Crippen molar-refractivity contribution in [1.82, 2.24) is 15.2 Å². The minimum Gasteiger partial charge on any atom is -0.481 e. The summed E-state index contributed by atoms with van der Waals surface area (Å²) in [5, 5.41) is 19.5. The van der Waals surface area contributed by atoms with Gasteiger partial charge in [-0.05, 0) is 10.5 Å². The highest BCUT2D eigenvalue weighted by molar-refractivity contribution is 5.55. The molecule has 2 aromatic rings. The van der Waals surface area contributed by atoms with Gasteiger partial charge in [0.2, 0.25) is 5.88 Å². The Hall–Kier alpha value is -2.64. The average molecular weight is 249 g/mol. The van der Waals surface area contributed by atoms with Gasteiger partial charge in [0, 0.05) is 18.8 Å². The second-order valence-electron chi connectivity index (χ2n) is 3.45. The summed E-state index contributed by atoms with van der Waals surface area (Å²) < 4.78 is 4.93. The number of rotatable bonds is 5. The fraction of sp³-hybridized carbons (Fsp3) is 0.200. The van der Waals surface area contributed by atoms with Crippen LogP contribution in [0.25, 0.3) is 0 Å². The summed E-state index contributed by atoms with van der Waals surface area (Å²) >= 11 is 0. The van der Waals surface area contributed by atoms with E-state index in [4.69, 9.17) is 4.74 Å². The number of aromatic nitrogens is 3. The predicted octanol–water partition coefficient (Wildman–Crippen LogP) is 1.33.